The number of para-hydroxylation sites is 2. The third kappa shape index (κ3) is 3.91. The zero-order valence-electron chi connectivity index (χ0n) is 16.0. The van der Waals surface area contributed by atoms with Crippen LogP contribution in [0.4, 0.5) is 5.82 Å². The highest BCUT2D eigenvalue weighted by Gasteiger charge is 2.28. The van der Waals surface area contributed by atoms with E-state index in [4.69, 9.17) is 9.72 Å². The van der Waals surface area contributed by atoms with E-state index >= 15 is 0 Å². The molecule has 1 aliphatic heterocycles. The molecule has 1 amide bonds. The average molecular weight is 376 g/mol. The van der Waals surface area contributed by atoms with E-state index in [0.717, 1.165) is 36.0 Å². The maximum absolute atomic E-state index is 12.7. The number of nitrogens with zero attached hydrogens (tertiary/aromatic N) is 3. The number of fused-ring (bicyclic) bond motifs is 1. The molecule has 28 heavy (non-hydrogen) atoms. The van der Waals surface area contributed by atoms with Crippen LogP contribution in [0.1, 0.15) is 18.4 Å². The van der Waals surface area contributed by atoms with Crippen molar-refractivity contribution in [2.45, 2.75) is 19.4 Å². The standard InChI is InChI=1S/C22H24N4O2/c1-28-22-20(24-18-11-5-6-12-19(18)25-22)26-13-7-10-17(15-26)21(27)23-14-16-8-3-2-4-9-16/h2-6,8-9,11-12,17H,7,10,13-15H2,1H3,(H,23,27)/t17-/m0/s1. The number of amides is 1. The molecule has 1 aliphatic rings. The Morgan fingerprint density at radius 3 is 2.57 bits per heavy atom. The SMILES string of the molecule is COc1nc2ccccc2nc1N1CCC[C@H](C(=O)NCc2ccccc2)C1. The van der Waals surface area contributed by atoms with E-state index in [1.165, 1.54) is 0 Å². The first kappa shape index (κ1) is 18.2. The van der Waals surface area contributed by atoms with Crippen LogP contribution in [0, 0.1) is 5.92 Å². The van der Waals surface area contributed by atoms with Crippen molar-refractivity contribution in [2.24, 2.45) is 5.92 Å². The molecule has 144 valence electrons. The lowest BCUT2D eigenvalue weighted by atomic mass is 9.97. The number of hydrogen-bond donors (Lipinski definition) is 1. The fourth-order valence-electron chi connectivity index (χ4n) is 3.63. The highest BCUT2D eigenvalue weighted by Crippen LogP contribution is 2.30. The maximum Gasteiger partial charge on any atom is 0.257 e. The Labute approximate surface area is 164 Å². The largest absolute Gasteiger partial charge is 0.478 e. The Kier molecular flexibility index (Phi) is 5.37. The first-order chi connectivity index (χ1) is 13.7. The predicted octanol–water partition coefficient (Wildman–Crippen LogP) is 3.17. The van der Waals surface area contributed by atoms with Crippen LogP contribution >= 0.6 is 0 Å². The Bertz CT molecular complexity index is 961. The van der Waals surface area contributed by atoms with Crippen molar-refractivity contribution >= 4 is 22.8 Å². The zero-order chi connectivity index (χ0) is 19.3. The van der Waals surface area contributed by atoms with Crippen molar-refractivity contribution in [2.75, 3.05) is 25.1 Å². The summed E-state index contributed by atoms with van der Waals surface area (Å²) in [6.45, 7) is 2.01. The highest BCUT2D eigenvalue weighted by atomic mass is 16.5. The van der Waals surface area contributed by atoms with Gasteiger partial charge in [-0.3, -0.25) is 4.79 Å². The normalized spacial score (nSPS) is 16.8. The number of methoxy groups -OCH3 is 1. The summed E-state index contributed by atoms with van der Waals surface area (Å²) in [4.78, 5) is 24.2. The second-order valence-electron chi connectivity index (χ2n) is 7.03. The molecule has 0 unspecified atom stereocenters. The van der Waals surface area contributed by atoms with E-state index in [-0.39, 0.29) is 11.8 Å². The number of anilines is 1. The van der Waals surface area contributed by atoms with Gasteiger partial charge >= 0.3 is 0 Å². The number of carbonyl (C=O) groups is 1. The first-order valence-corrected chi connectivity index (χ1v) is 9.62. The second-order valence-corrected chi connectivity index (χ2v) is 7.03. The van der Waals surface area contributed by atoms with Gasteiger partial charge in [0.15, 0.2) is 5.82 Å². The van der Waals surface area contributed by atoms with Crippen molar-refractivity contribution in [3.8, 4) is 5.88 Å². The molecule has 1 N–H and O–H groups in total. The summed E-state index contributed by atoms with van der Waals surface area (Å²) in [6, 6.07) is 17.7. The van der Waals surface area contributed by atoms with Crippen molar-refractivity contribution in [3.05, 3.63) is 60.2 Å². The number of ether oxygens (including phenoxy) is 1. The van der Waals surface area contributed by atoms with Crippen LogP contribution in [0.2, 0.25) is 0 Å². The van der Waals surface area contributed by atoms with E-state index in [9.17, 15) is 4.79 Å². The fraction of sp³-hybridized carbons (Fsp3) is 0.318. The number of benzene rings is 2. The van der Waals surface area contributed by atoms with E-state index in [0.29, 0.717) is 24.8 Å². The number of hydrogen-bond acceptors (Lipinski definition) is 5. The van der Waals surface area contributed by atoms with Crippen molar-refractivity contribution < 1.29 is 9.53 Å². The maximum atomic E-state index is 12.7. The van der Waals surface area contributed by atoms with Gasteiger partial charge in [-0.1, -0.05) is 42.5 Å². The molecule has 4 rings (SSSR count). The van der Waals surface area contributed by atoms with E-state index < -0.39 is 0 Å². The Hall–Kier alpha value is -3.15. The second kappa shape index (κ2) is 8.25. The molecule has 6 heteroatoms. The van der Waals surface area contributed by atoms with E-state index in [1.54, 1.807) is 7.11 Å². The average Bonchev–Trinajstić information content (AvgIpc) is 2.77. The molecule has 2 aromatic carbocycles. The lowest BCUT2D eigenvalue weighted by molar-refractivity contribution is -0.125. The number of carbonyl (C=O) groups excluding carboxylic acids is 1. The zero-order valence-corrected chi connectivity index (χ0v) is 16.0. The molecule has 0 bridgehead atoms. The van der Waals surface area contributed by atoms with E-state index in [2.05, 4.69) is 15.2 Å². The molecule has 2 heterocycles. The highest BCUT2D eigenvalue weighted by molar-refractivity contribution is 5.80. The number of aromatic nitrogens is 2. The van der Waals surface area contributed by atoms with Crippen LogP contribution < -0.4 is 15.0 Å². The van der Waals surface area contributed by atoms with Crippen LogP contribution in [-0.4, -0.2) is 36.1 Å². The molecule has 0 aliphatic carbocycles. The lowest BCUT2D eigenvalue weighted by Crippen LogP contribution is -2.43. The Morgan fingerprint density at radius 2 is 1.82 bits per heavy atom. The molecular formula is C22H24N4O2. The smallest absolute Gasteiger partial charge is 0.257 e. The molecule has 1 aromatic heterocycles. The molecular weight excluding hydrogens is 352 g/mol. The third-order valence-electron chi connectivity index (χ3n) is 5.12. The van der Waals surface area contributed by atoms with Crippen LogP contribution in [0.3, 0.4) is 0 Å². The van der Waals surface area contributed by atoms with Gasteiger partial charge in [-0.05, 0) is 30.5 Å². The summed E-state index contributed by atoms with van der Waals surface area (Å²) in [7, 11) is 1.61. The van der Waals surface area contributed by atoms with Gasteiger partial charge in [-0.25, -0.2) is 9.97 Å². The summed E-state index contributed by atoms with van der Waals surface area (Å²) in [5.41, 5.74) is 2.73. The molecule has 0 radical (unpaired) electrons. The first-order valence-electron chi connectivity index (χ1n) is 9.62. The van der Waals surface area contributed by atoms with Gasteiger partial charge in [-0.2, -0.15) is 0 Å². The van der Waals surface area contributed by atoms with Gasteiger partial charge in [0.25, 0.3) is 5.88 Å². The quantitative estimate of drug-likeness (QED) is 0.741. The lowest BCUT2D eigenvalue weighted by Gasteiger charge is -2.33. The molecule has 3 aromatic rings. The summed E-state index contributed by atoms with van der Waals surface area (Å²) >= 11 is 0. The summed E-state index contributed by atoms with van der Waals surface area (Å²) in [5.74, 6) is 1.22. The summed E-state index contributed by atoms with van der Waals surface area (Å²) in [6.07, 6.45) is 1.81. The van der Waals surface area contributed by atoms with Crippen molar-refractivity contribution in [3.63, 3.8) is 0 Å². The number of piperidine rings is 1. The predicted molar refractivity (Wildman–Crippen MR) is 109 cm³/mol. The van der Waals surface area contributed by atoms with Gasteiger partial charge in [0.1, 0.15) is 0 Å². The van der Waals surface area contributed by atoms with Crippen LogP contribution in [0.25, 0.3) is 11.0 Å². The Balaban J connectivity index is 1.49. The topological polar surface area (TPSA) is 67.4 Å². The summed E-state index contributed by atoms with van der Waals surface area (Å²) in [5, 5.41) is 3.07. The van der Waals surface area contributed by atoms with Gasteiger partial charge < -0.3 is 15.0 Å². The molecule has 1 fully saturated rings. The van der Waals surface area contributed by atoms with Gasteiger partial charge in [-0.15, -0.1) is 0 Å². The fourth-order valence-corrected chi connectivity index (χ4v) is 3.63. The molecule has 0 spiro atoms. The number of rotatable bonds is 5. The molecule has 0 saturated carbocycles. The molecule has 1 saturated heterocycles. The Morgan fingerprint density at radius 1 is 1.11 bits per heavy atom. The van der Waals surface area contributed by atoms with Crippen molar-refractivity contribution in [1.29, 1.82) is 0 Å². The minimum absolute atomic E-state index is 0.0737. The van der Waals surface area contributed by atoms with Crippen molar-refractivity contribution in [1.82, 2.24) is 15.3 Å². The van der Waals surface area contributed by atoms with Crippen LogP contribution in [0.15, 0.2) is 54.6 Å². The van der Waals surface area contributed by atoms with Gasteiger partial charge in [0, 0.05) is 19.6 Å². The minimum atomic E-state index is -0.0737. The number of nitrogens with one attached hydrogen (secondary N) is 1. The van der Waals surface area contributed by atoms with E-state index in [1.807, 2.05) is 54.6 Å². The van der Waals surface area contributed by atoms with Gasteiger partial charge in [0.2, 0.25) is 5.91 Å². The minimum Gasteiger partial charge on any atom is -0.478 e. The third-order valence-corrected chi connectivity index (χ3v) is 5.12. The summed E-state index contributed by atoms with van der Waals surface area (Å²) < 4.78 is 5.49. The molecule has 6 nitrogen and oxygen atoms in total. The van der Waals surface area contributed by atoms with Crippen LogP contribution in [0.5, 0.6) is 5.88 Å². The monoisotopic (exact) mass is 376 g/mol. The van der Waals surface area contributed by atoms with Crippen LogP contribution in [-0.2, 0) is 11.3 Å². The van der Waals surface area contributed by atoms with Gasteiger partial charge in [0.05, 0.1) is 24.1 Å². The molecule has 1 atom stereocenters.